The van der Waals surface area contributed by atoms with Crippen molar-refractivity contribution in [2.45, 2.75) is 6.42 Å². The third-order valence-corrected chi connectivity index (χ3v) is 4.78. The van der Waals surface area contributed by atoms with Crippen molar-refractivity contribution in [1.29, 1.82) is 0 Å². The molecule has 0 bridgehead atoms. The van der Waals surface area contributed by atoms with Gasteiger partial charge in [0, 0.05) is 16.6 Å². The van der Waals surface area contributed by atoms with E-state index in [2.05, 4.69) is 10.2 Å². The van der Waals surface area contributed by atoms with E-state index in [1.807, 2.05) is 31.6 Å². The Morgan fingerprint density at radius 1 is 1.22 bits per heavy atom. The van der Waals surface area contributed by atoms with Crippen LogP contribution >= 0.6 is 11.3 Å². The van der Waals surface area contributed by atoms with Crippen LogP contribution in [0.2, 0.25) is 0 Å². The standard InChI is InChI=1S/C18H19FN2OS/c1-21(2)8-3-7-20-18(22)16-10-12-4-5-13(19)11-15(12)14-6-9-23-17(14)16/h4-6,9-11H,3,7-8H2,1-2H3,(H,20,22). The molecule has 3 nitrogen and oxygen atoms in total. The van der Waals surface area contributed by atoms with Gasteiger partial charge in [-0.25, -0.2) is 4.39 Å². The predicted molar refractivity (Wildman–Crippen MR) is 94.8 cm³/mol. The first-order valence-corrected chi connectivity index (χ1v) is 8.46. The first-order chi connectivity index (χ1) is 11.1. The lowest BCUT2D eigenvalue weighted by atomic mass is 10.0. The van der Waals surface area contributed by atoms with E-state index in [9.17, 15) is 9.18 Å². The average Bonchev–Trinajstić information content (AvgIpc) is 3.00. The van der Waals surface area contributed by atoms with E-state index < -0.39 is 0 Å². The molecule has 3 aromatic rings. The van der Waals surface area contributed by atoms with Gasteiger partial charge < -0.3 is 10.2 Å². The summed E-state index contributed by atoms with van der Waals surface area (Å²) in [6.07, 6.45) is 0.908. The van der Waals surface area contributed by atoms with E-state index in [4.69, 9.17) is 0 Å². The minimum atomic E-state index is -0.258. The lowest BCUT2D eigenvalue weighted by molar-refractivity contribution is 0.0954. The fourth-order valence-corrected chi connectivity index (χ4v) is 3.62. The quantitative estimate of drug-likeness (QED) is 0.720. The van der Waals surface area contributed by atoms with Crippen molar-refractivity contribution in [2.75, 3.05) is 27.2 Å². The highest BCUT2D eigenvalue weighted by molar-refractivity contribution is 7.17. The molecule has 1 aromatic heterocycles. The maximum Gasteiger partial charge on any atom is 0.252 e. The van der Waals surface area contributed by atoms with Crippen LogP contribution in [0.15, 0.2) is 35.7 Å². The smallest absolute Gasteiger partial charge is 0.252 e. The number of nitrogens with one attached hydrogen (secondary N) is 1. The average molecular weight is 330 g/mol. The Morgan fingerprint density at radius 2 is 2.04 bits per heavy atom. The zero-order chi connectivity index (χ0) is 16.4. The van der Waals surface area contributed by atoms with Crippen LogP contribution < -0.4 is 5.32 Å². The fourth-order valence-electron chi connectivity index (χ4n) is 2.70. The Balaban J connectivity index is 1.92. The van der Waals surface area contributed by atoms with Crippen molar-refractivity contribution in [1.82, 2.24) is 10.2 Å². The van der Waals surface area contributed by atoms with E-state index in [-0.39, 0.29) is 11.7 Å². The van der Waals surface area contributed by atoms with Crippen molar-refractivity contribution in [3.05, 3.63) is 47.1 Å². The first-order valence-electron chi connectivity index (χ1n) is 7.58. The fraction of sp³-hybridized carbons (Fsp3) is 0.278. The number of amides is 1. The van der Waals surface area contributed by atoms with Gasteiger partial charge in [-0.15, -0.1) is 11.3 Å². The van der Waals surface area contributed by atoms with Crippen molar-refractivity contribution in [3.63, 3.8) is 0 Å². The monoisotopic (exact) mass is 330 g/mol. The lowest BCUT2D eigenvalue weighted by Crippen LogP contribution is -2.27. The number of thiophene rings is 1. The summed E-state index contributed by atoms with van der Waals surface area (Å²) in [5.74, 6) is -0.326. The van der Waals surface area contributed by atoms with Crippen LogP contribution in [0.1, 0.15) is 16.8 Å². The van der Waals surface area contributed by atoms with Crippen LogP contribution in [0.3, 0.4) is 0 Å². The molecule has 120 valence electrons. The molecule has 23 heavy (non-hydrogen) atoms. The zero-order valence-electron chi connectivity index (χ0n) is 13.2. The molecule has 5 heteroatoms. The molecule has 0 radical (unpaired) electrons. The summed E-state index contributed by atoms with van der Waals surface area (Å²) in [5, 5.41) is 7.59. The highest BCUT2D eigenvalue weighted by atomic mass is 32.1. The molecule has 0 aliphatic heterocycles. The Hall–Kier alpha value is -1.98. The predicted octanol–water partition coefficient (Wildman–Crippen LogP) is 3.88. The van der Waals surface area contributed by atoms with E-state index in [0.29, 0.717) is 12.1 Å². The largest absolute Gasteiger partial charge is 0.352 e. The number of fused-ring (bicyclic) bond motifs is 3. The molecular formula is C18H19FN2OS. The molecule has 0 fully saturated rings. The second-order valence-corrected chi connectivity index (χ2v) is 6.78. The molecular weight excluding hydrogens is 311 g/mol. The number of rotatable bonds is 5. The molecule has 2 aromatic carbocycles. The zero-order valence-corrected chi connectivity index (χ0v) is 14.0. The van der Waals surface area contributed by atoms with Gasteiger partial charge in [-0.1, -0.05) is 6.07 Å². The Labute approximate surface area is 138 Å². The molecule has 0 atom stereocenters. The highest BCUT2D eigenvalue weighted by Gasteiger charge is 2.14. The SMILES string of the molecule is CN(C)CCCNC(=O)c1cc2ccc(F)cc2c2ccsc12. The van der Waals surface area contributed by atoms with Gasteiger partial charge >= 0.3 is 0 Å². The minimum absolute atomic E-state index is 0.0672. The molecule has 0 unspecified atom stereocenters. The van der Waals surface area contributed by atoms with Crippen molar-refractivity contribution in [2.24, 2.45) is 0 Å². The third-order valence-electron chi connectivity index (χ3n) is 3.83. The number of carbonyl (C=O) groups is 1. The third kappa shape index (κ3) is 3.35. The van der Waals surface area contributed by atoms with Gasteiger partial charge in [0.15, 0.2) is 0 Å². The summed E-state index contributed by atoms with van der Waals surface area (Å²) in [4.78, 5) is 14.6. The minimum Gasteiger partial charge on any atom is -0.352 e. The summed E-state index contributed by atoms with van der Waals surface area (Å²) in [5.41, 5.74) is 0.666. The van der Waals surface area contributed by atoms with Crippen molar-refractivity contribution in [3.8, 4) is 0 Å². The van der Waals surface area contributed by atoms with Gasteiger partial charge in [-0.3, -0.25) is 4.79 Å². The Bertz CT molecular complexity index is 857. The number of hydrogen-bond donors (Lipinski definition) is 1. The van der Waals surface area contributed by atoms with Crippen LogP contribution in [0.25, 0.3) is 20.9 Å². The van der Waals surface area contributed by atoms with E-state index >= 15 is 0 Å². The molecule has 0 aliphatic carbocycles. The molecule has 1 heterocycles. The second kappa shape index (κ2) is 6.64. The number of benzene rings is 2. The number of hydrogen-bond acceptors (Lipinski definition) is 3. The molecule has 1 N–H and O–H groups in total. The molecule has 3 rings (SSSR count). The first kappa shape index (κ1) is 15.9. The summed E-state index contributed by atoms with van der Waals surface area (Å²) >= 11 is 1.52. The normalized spacial score (nSPS) is 11.5. The maximum atomic E-state index is 13.5. The van der Waals surface area contributed by atoms with Crippen molar-refractivity contribution >= 4 is 38.1 Å². The van der Waals surface area contributed by atoms with Crippen LogP contribution in [-0.2, 0) is 0 Å². The highest BCUT2D eigenvalue weighted by Crippen LogP contribution is 2.33. The second-order valence-electron chi connectivity index (χ2n) is 5.87. The summed E-state index contributed by atoms with van der Waals surface area (Å²) in [6, 6.07) is 8.49. The van der Waals surface area contributed by atoms with Gasteiger partial charge in [-0.05, 0) is 67.5 Å². The van der Waals surface area contributed by atoms with Gasteiger partial charge in [-0.2, -0.15) is 0 Å². The van der Waals surface area contributed by atoms with Crippen LogP contribution in [0.4, 0.5) is 4.39 Å². The lowest BCUT2D eigenvalue weighted by Gasteiger charge is -2.11. The van der Waals surface area contributed by atoms with E-state index in [1.165, 1.54) is 23.5 Å². The van der Waals surface area contributed by atoms with Crippen molar-refractivity contribution < 1.29 is 9.18 Å². The Kier molecular flexibility index (Phi) is 4.59. The Morgan fingerprint density at radius 3 is 2.83 bits per heavy atom. The summed E-state index contributed by atoms with van der Waals surface area (Å²) in [7, 11) is 4.03. The molecule has 0 saturated carbocycles. The molecule has 0 spiro atoms. The number of nitrogens with zero attached hydrogens (tertiary/aromatic N) is 1. The molecule has 1 amide bonds. The van der Waals surface area contributed by atoms with Gasteiger partial charge in [0.25, 0.3) is 5.91 Å². The van der Waals surface area contributed by atoms with E-state index in [0.717, 1.165) is 33.8 Å². The van der Waals surface area contributed by atoms with Gasteiger partial charge in [0.05, 0.1) is 5.56 Å². The molecule has 0 aliphatic rings. The number of carbonyl (C=O) groups excluding carboxylic acids is 1. The number of halogens is 1. The maximum absolute atomic E-state index is 13.5. The summed E-state index contributed by atoms with van der Waals surface area (Å²) in [6.45, 7) is 1.58. The summed E-state index contributed by atoms with van der Waals surface area (Å²) < 4.78 is 14.4. The topological polar surface area (TPSA) is 32.3 Å². The van der Waals surface area contributed by atoms with Crippen LogP contribution in [0.5, 0.6) is 0 Å². The van der Waals surface area contributed by atoms with Gasteiger partial charge in [0.2, 0.25) is 0 Å². The van der Waals surface area contributed by atoms with Crippen LogP contribution in [0, 0.1) is 5.82 Å². The van der Waals surface area contributed by atoms with Gasteiger partial charge in [0.1, 0.15) is 5.82 Å². The van der Waals surface area contributed by atoms with Crippen LogP contribution in [-0.4, -0.2) is 38.0 Å². The van der Waals surface area contributed by atoms with E-state index in [1.54, 1.807) is 6.07 Å². The molecule has 0 saturated heterocycles.